The first-order chi connectivity index (χ1) is 13.4. The Labute approximate surface area is 162 Å². The molecule has 28 heavy (non-hydrogen) atoms. The van der Waals surface area contributed by atoms with Crippen molar-refractivity contribution in [2.75, 3.05) is 0 Å². The summed E-state index contributed by atoms with van der Waals surface area (Å²) in [7, 11) is 0. The molecule has 0 amide bonds. The molecule has 3 rings (SSSR count). The Morgan fingerprint density at radius 2 is 1.50 bits per heavy atom. The molecule has 0 spiro atoms. The predicted octanol–water partition coefficient (Wildman–Crippen LogP) is 7.94. The summed E-state index contributed by atoms with van der Waals surface area (Å²) in [4.78, 5) is 0. The van der Waals surface area contributed by atoms with E-state index in [1.165, 1.54) is 37.8 Å². The maximum Gasteiger partial charge on any atom is 0.194 e. The van der Waals surface area contributed by atoms with E-state index in [2.05, 4.69) is 6.92 Å². The fourth-order valence-electron chi connectivity index (χ4n) is 3.97. The molecule has 1 fully saturated rings. The molecule has 1 saturated carbocycles. The van der Waals surface area contributed by atoms with Gasteiger partial charge < -0.3 is 0 Å². The normalized spacial score (nSPS) is 20.4. The molecule has 1 aliphatic rings. The van der Waals surface area contributed by atoms with Gasteiger partial charge >= 0.3 is 0 Å². The number of unbranched alkanes of at least 4 members (excludes halogenated alkanes) is 1. The van der Waals surface area contributed by atoms with E-state index in [0.717, 1.165) is 24.3 Å². The minimum atomic E-state index is -1.71. The van der Waals surface area contributed by atoms with Crippen molar-refractivity contribution in [2.45, 2.75) is 51.4 Å². The molecule has 2 atom stereocenters. The van der Waals surface area contributed by atoms with Crippen molar-refractivity contribution in [1.82, 2.24) is 0 Å². The number of benzene rings is 2. The van der Waals surface area contributed by atoms with Gasteiger partial charge in [-0.05, 0) is 48.8 Å². The third kappa shape index (κ3) is 4.45. The lowest BCUT2D eigenvalue weighted by atomic mass is 9.93. The summed E-state index contributed by atoms with van der Waals surface area (Å²) in [5.41, 5.74) is 0.397. The van der Waals surface area contributed by atoms with Gasteiger partial charge in [0.1, 0.15) is 0 Å². The van der Waals surface area contributed by atoms with Gasteiger partial charge in [-0.3, -0.25) is 0 Å². The van der Waals surface area contributed by atoms with Gasteiger partial charge in [-0.25, -0.2) is 22.0 Å². The minimum absolute atomic E-state index is 0.0214. The van der Waals surface area contributed by atoms with Gasteiger partial charge in [-0.2, -0.15) is 0 Å². The Balaban J connectivity index is 1.76. The first kappa shape index (κ1) is 20.6. The highest BCUT2D eigenvalue weighted by atomic mass is 19.2. The van der Waals surface area contributed by atoms with Crippen LogP contribution in [0.2, 0.25) is 0 Å². The average Bonchev–Trinajstić information content (AvgIpc) is 3.18. The standard InChI is InChI=1S/C23H23F5/c1-2-3-4-14-5-6-17(11-14)15-7-9-16(10-8-15)21(26)22(27)18-12-19(24)23(28)20(25)13-18/h7-10,12-14,17H,2-6,11H2,1H3/b22-21+. The van der Waals surface area contributed by atoms with Gasteiger partial charge in [0.05, 0.1) is 0 Å². The van der Waals surface area contributed by atoms with E-state index in [9.17, 15) is 22.0 Å². The van der Waals surface area contributed by atoms with Crippen LogP contribution in [0.25, 0.3) is 11.7 Å². The molecule has 0 heterocycles. The molecule has 0 radical (unpaired) electrons. The molecule has 0 aliphatic heterocycles. The Kier molecular flexibility index (Phi) is 6.53. The number of rotatable bonds is 6. The summed E-state index contributed by atoms with van der Waals surface area (Å²) >= 11 is 0. The smallest absolute Gasteiger partial charge is 0.194 e. The largest absolute Gasteiger partial charge is 0.204 e. The lowest BCUT2D eigenvalue weighted by Crippen LogP contribution is -1.97. The van der Waals surface area contributed by atoms with Crippen LogP contribution in [0, 0.1) is 23.4 Å². The van der Waals surface area contributed by atoms with Gasteiger partial charge in [-0.1, -0.05) is 50.5 Å². The summed E-state index contributed by atoms with van der Waals surface area (Å²) < 4.78 is 68.3. The van der Waals surface area contributed by atoms with Crippen LogP contribution >= 0.6 is 0 Å². The zero-order valence-electron chi connectivity index (χ0n) is 15.8. The molecule has 2 aromatic carbocycles. The summed E-state index contributed by atoms with van der Waals surface area (Å²) in [6.45, 7) is 2.18. The van der Waals surface area contributed by atoms with Gasteiger partial charge in [0, 0.05) is 11.1 Å². The highest BCUT2D eigenvalue weighted by Gasteiger charge is 2.25. The first-order valence-corrected chi connectivity index (χ1v) is 9.71. The lowest BCUT2D eigenvalue weighted by Gasteiger charge is -2.12. The topological polar surface area (TPSA) is 0 Å². The number of hydrogen-bond acceptors (Lipinski definition) is 0. The summed E-state index contributed by atoms with van der Waals surface area (Å²) in [5, 5.41) is 0. The Morgan fingerprint density at radius 1 is 0.893 bits per heavy atom. The second-order valence-corrected chi connectivity index (χ2v) is 7.52. The maximum absolute atomic E-state index is 14.5. The molecular weight excluding hydrogens is 371 g/mol. The summed E-state index contributed by atoms with van der Waals surface area (Å²) in [6, 6.07) is 7.38. The van der Waals surface area contributed by atoms with Crippen molar-refractivity contribution in [3.63, 3.8) is 0 Å². The van der Waals surface area contributed by atoms with E-state index in [4.69, 9.17) is 0 Å². The van der Waals surface area contributed by atoms with E-state index in [1.54, 1.807) is 12.1 Å². The van der Waals surface area contributed by atoms with E-state index in [1.807, 2.05) is 0 Å². The highest BCUT2D eigenvalue weighted by molar-refractivity contribution is 5.83. The minimum Gasteiger partial charge on any atom is -0.204 e. The molecular formula is C23H23F5. The van der Waals surface area contributed by atoms with Crippen molar-refractivity contribution in [3.8, 4) is 0 Å². The van der Waals surface area contributed by atoms with E-state index in [-0.39, 0.29) is 5.56 Å². The predicted molar refractivity (Wildman–Crippen MR) is 101 cm³/mol. The van der Waals surface area contributed by atoms with Crippen LogP contribution in [0.15, 0.2) is 36.4 Å². The van der Waals surface area contributed by atoms with Crippen LogP contribution in [0.1, 0.15) is 68.1 Å². The van der Waals surface area contributed by atoms with Crippen LogP contribution in [-0.4, -0.2) is 0 Å². The fourth-order valence-corrected chi connectivity index (χ4v) is 3.97. The van der Waals surface area contributed by atoms with Gasteiger partial charge in [0.15, 0.2) is 29.1 Å². The van der Waals surface area contributed by atoms with Crippen LogP contribution in [0.5, 0.6) is 0 Å². The van der Waals surface area contributed by atoms with E-state index in [0.29, 0.717) is 18.1 Å². The molecule has 2 aromatic rings. The van der Waals surface area contributed by atoms with Crippen molar-refractivity contribution >= 4 is 11.7 Å². The molecule has 150 valence electrons. The Bertz CT molecular complexity index is 831. The fraction of sp³-hybridized carbons (Fsp3) is 0.391. The maximum atomic E-state index is 14.5. The summed E-state index contributed by atoms with van der Waals surface area (Å²) in [5.74, 6) is -6.35. The van der Waals surface area contributed by atoms with Crippen LogP contribution in [0.4, 0.5) is 22.0 Å². The SMILES string of the molecule is CCCCC1CCC(c2ccc(/C(F)=C(\F)c3cc(F)c(F)c(F)c3)cc2)C1. The van der Waals surface area contributed by atoms with Crippen molar-refractivity contribution in [2.24, 2.45) is 5.92 Å². The molecule has 5 heteroatoms. The molecule has 1 aliphatic carbocycles. The zero-order valence-corrected chi connectivity index (χ0v) is 15.8. The van der Waals surface area contributed by atoms with Gasteiger partial charge in [0.2, 0.25) is 0 Å². The third-order valence-electron chi connectivity index (χ3n) is 5.57. The van der Waals surface area contributed by atoms with E-state index < -0.39 is 34.7 Å². The zero-order chi connectivity index (χ0) is 20.3. The molecule has 0 bridgehead atoms. The molecule has 0 nitrogen and oxygen atoms in total. The molecule has 2 unspecified atom stereocenters. The number of hydrogen-bond donors (Lipinski definition) is 0. The summed E-state index contributed by atoms with van der Waals surface area (Å²) in [6.07, 6.45) is 7.05. The first-order valence-electron chi connectivity index (χ1n) is 9.71. The van der Waals surface area contributed by atoms with Crippen LogP contribution in [-0.2, 0) is 0 Å². The Hall–Kier alpha value is -2.17. The average molecular weight is 394 g/mol. The van der Waals surface area contributed by atoms with Crippen molar-refractivity contribution in [3.05, 3.63) is 70.5 Å². The van der Waals surface area contributed by atoms with Crippen molar-refractivity contribution in [1.29, 1.82) is 0 Å². The molecule has 0 N–H and O–H groups in total. The quantitative estimate of drug-likeness (QED) is 0.265. The molecule has 0 aromatic heterocycles. The third-order valence-corrected chi connectivity index (χ3v) is 5.57. The molecule has 0 saturated heterocycles. The van der Waals surface area contributed by atoms with Crippen LogP contribution < -0.4 is 0 Å². The lowest BCUT2D eigenvalue weighted by molar-refractivity contribution is 0.446. The van der Waals surface area contributed by atoms with Crippen molar-refractivity contribution < 1.29 is 22.0 Å². The highest BCUT2D eigenvalue weighted by Crippen LogP contribution is 2.41. The second kappa shape index (κ2) is 8.89. The number of halogens is 5. The second-order valence-electron chi connectivity index (χ2n) is 7.52. The van der Waals surface area contributed by atoms with Gasteiger partial charge in [0.25, 0.3) is 0 Å². The van der Waals surface area contributed by atoms with E-state index >= 15 is 0 Å². The van der Waals surface area contributed by atoms with Crippen LogP contribution in [0.3, 0.4) is 0 Å². The van der Waals surface area contributed by atoms with Gasteiger partial charge in [-0.15, -0.1) is 0 Å². The Morgan fingerprint density at radius 3 is 2.11 bits per heavy atom. The monoisotopic (exact) mass is 394 g/mol.